The summed E-state index contributed by atoms with van der Waals surface area (Å²) >= 11 is 0. The first-order valence-corrected chi connectivity index (χ1v) is 33.4. The number of aryl methyl sites for hydroxylation is 4. The van der Waals surface area contributed by atoms with Crippen molar-refractivity contribution in [1.82, 2.24) is 0 Å². The molecule has 4 aromatic carbocycles. The molecule has 86 heavy (non-hydrogen) atoms. The Bertz CT molecular complexity index is 2630. The monoisotopic (exact) mass is 1190 g/mol. The van der Waals surface area contributed by atoms with Crippen LogP contribution in [0.5, 0.6) is 46.0 Å². The zero-order valence-electron chi connectivity index (χ0n) is 51.8. The van der Waals surface area contributed by atoms with Crippen LogP contribution in [0.4, 0.5) is 0 Å². The molecule has 4 aromatic rings. The Hall–Kier alpha value is -5.00. The fourth-order valence-corrected chi connectivity index (χ4v) is 13.3. The molecule has 2 saturated carbocycles. The van der Waals surface area contributed by atoms with Crippen LogP contribution in [0.3, 0.4) is 0 Å². The van der Waals surface area contributed by atoms with Crippen molar-refractivity contribution in [2.45, 2.75) is 198 Å². The highest BCUT2D eigenvalue weighted by molar-refractivity contribution is 5.58. The van der Waals surface area contributed by atoms with Crippen molar-refractivity contribution in [2.75, 3.05) is 92.5 Å². The third-order valence-corrected chi connectivity index (χ3v) is 18.3. The lowest BCUT2D eigenvalue weighted by Gasteiger charge is -2.35. The fourth-order valence-electron chi connectivity index (χ4n) is 13.3. The Morgan fingerprint density at radius 3 is 0.779 bits per heavy atom. The van der Waals surface area contributed by atoms with Gasteiger partial charge in [0.25, 0.3) is 0 Å². The van der Waals surface area contributed by atoms with Gasteiger partial charge < -0.3 is 71.4 Å². The lowest BCUT2D eigenvalue weighted by molar-refractivity contribution is 0.0598. The standard InChI is InChI=1S/C71H96O15/c1-5-15-47-23-62(66(83-41-54-35-75-54)27-58(47)70(45-19-11-9-12-20-45)60-29-68(85-43-56-37-77-56)64(25-49(60)17-7-3)81-39-52-33-73-52)79-31-51(72)32-80-63-24-48(16-6-2)59(28-67(63)84-42-55-36-76-55)71(46-21-13-10-14-22-46)61-30-69(86-44-57-38-78-57)65(26-50(61)18-8-4)82-40-53-34-74-53/h23-30,45-46,51-57,70-72H,5-22,31-44H2,1-4H3. The van der Waals surface area contributed by atoms with E-state index in [4.69, 9.17) is 66.3 Å². The number of rotatable bonds is 38. The third kappa shape index (κ3) is 16.8. The van der Waals surface area contributed by atoms with Gasteiger partial charge in [-0.2, -0.15) is 0 Å². The molecule has 470 valence electrons. The molecular formula is C71H96O15. The van der Waals surface area contributed by atoms with Gasteiger partial charge in [-0.15, -0.1) is 0 Å². The number of hydrogen-bond donors (Lipinski definition) is 1. The zero-order chi connectivity index (χ0) is 58.8. The fraction of sp³-hybridized carbons (Fsp3) is 0.662. The van der Waals surface area contributed by atoms with Crippen molar-refractivity contribution in [3.05, 3.63) is 93.0 Å². The van der Waals surface area contributed by atoms with E-state index >= 15 is 0 Å². The second-order valence-electron chi connectivity index (χ2n) is 25.6. The van der Waals surface area contributed by atoms with Crippen LogP contribution in [0.25, 0.3) is 0 Å². The lowest BCUT2D eigenvalue weighted by Crippen LogP contribution is -2.26. The maximum Gasteiger partial charge on any atom is 0.161 e. The minimum atomic E-state index is -0.977. The van der Waals surface area contributed by atoms with Gasteiger partial charge in [-0.25, -0.2) is 0 Å². The number of aliphatic hydroxyl groups excluding tert-OH is 1. The predicted octanol–water partition coefficient (Wildman–Crippen LogP) is 12.4. The Kier molecular flexibility index (Phi) is 21.0. The molecule has 0 spiro atoms. The van der Waals surface area contributed by atoms with Gasteiger partial charge in [0, 0.05) is 11.8 Å². The quantitative estimate of drug-likeness (QED) is 0.0420. The van der Waals surface area contributed by atoms with Crippen molar-refractivity contribution < 1.29 is 71.4 Å². The number of ether oxygens (including phenoxy) is 14. The van der Waals surface area contributed by atoms with Gasteiger partial charge in [0.2, 0.25) is 0 Å². The van der Waals surface area contributed by atoms with E-state index in [2.05, 4.69) is 76.2 Å². The van der Waals surface area contributed by atoms with Crippen LogP contribution in [-0.2, 0) is 54.1 Å². The van der Waals surface area contributed by atoms with E-state index in [1.807, 2.05) is 0 Å². The van der Waals surface area contributed by atoms with Gasteiger partial charge in [0.05, 0.1) is 39.6 Å². The largest absolute Gasteiger partial charge is 0.487 e. The first-order valence-electron chi connectivity index (χ1n) is 33.4. The average molecular weight is 1190 g/mol. The molecule has 6 saturated heterocycles. The van der Waals surface area contributed by atoms with E-state index in [0.29, 0.717) is 101 Å². The van der Waals surface area contributed by atoms with Crippen molar-refractivity contribution in [3.8, 4) is 46.0 Å². The number of epoxide rings is 6. The minimum Gasteiger partial charge on any atom is -0.487 e. The molecule has 0 bridgehead atoms. The minimum absolute atomic E-state index is 0.00665. The van der Waals surface area contributed by atoms with Crippen LogP contribution in [0.15, 0.2) is 48.5 Å². The van der Waals surface area contributed by atoms with Gasteiger partial charge in [0.15, 0.2) is 46.0 Å². The van der Waals surface area contributed by atoms with Crippen LogP contribution in [0, 0.1) is 11.8 Å². The topological polar surface area (TPSA) is 169 Å². The second-order valence-corrected chi connectivity index (χ2v) is 25.6. The van der Waals surface area contributed by atoms with Crippen LogP contribution in [0.2, 0.25) is 0 Å². The van der Waals surface area contributed by atoms with Crippen LogP contribution in [0.1, 0.15) is 174 Å². The summed E-state index contributed by atoms with van der Waals surface area (Å²) in [6.07, 6.45) is 18.8. The van der Waals surface area contributed by atoms with E-state index in [1.165, 1.54) is 83.0 Å². The molecule has 8 fully saturated rings. The summed E-state index contributed by atoms with van der Waals surface area (Å²) in [5.74, 6) is 6.60. The summed E-state index contributed by atoms with van der Waals surface area (Å²) in [5, 5.41) is 12.0. The predicted molar refractivity (Wildman–Crippen MR) is 327 cm³/mol. The molecule has 8 atom stereocenters. The Balaban J connectivity index is 0.840. The summed E-state index contributed by atoms with van der Waals surface area (Å²) in [6, 6.07) is 18.0. The molecule has 0 aromatic heterocycles. The van der Waals surface area contributed by atoms with Crippen molar-refractivity contribution in [3.63, 3.8) is 0 Å². The summed E-state index contributed by atoms with van der Waals surface area (Å²) in [6.45, 7) is 16.0. The average Bonchev–Trinajstić information content (AvgIpc) is 3.23. The van der Waals surface area contributed by atoms with E-state index in [1.54, 1.807) is 0 Å². The van der Waals surface area contributed by atoms with Crippen LogP contribution >= 0.6 is 0 Å². The van der Waals surface area contributed by atoms with Crippen molar-refractivity contribution in [1.29, 1.82) is 0 Å². The molecule has 1 N–H and O–H groups in total. The second kappa shape index (κ2) is 29.5. The highest BCUT2D eigenvalue weighted by Crippen LogP contribution is 2.51. The molecule has 8 unspecified atom stereocenters. The summed E-state index contributed by atoms with van der Waals surface area (Å²) < 4.78 is 86.8. The van der Waals surface area contributed by atoms with E-state index in [9.17, 15) is 5.11 Å². The molecule has 6 heterocycles. The van der Waals surface area contributed by atoms with Crippen LogP contribution in [-0.4, -0.2) is 140 Å². The third-order valence-electron chi connectivity index (χ3n) is 18.3. The lowest BCUT2D eigenvalue weighted by atomic mass is 9.70. The molecule has 15 heteroatoms. The van der Waals surface area contributed by atoms with Gasteiger partial charge in [-0.1, -0.05) is 91.9 Å². The van der Waals surface area contributed by atoms with E-state index in [-0.39, 0.29) is 61.7 Å². The van der Waals surface area contributed by atoms with E-state index < -0.39 is 6.10 Å². The molecule has 2 aliphatic carbocycles. The molecule has 15 nitrogen and oxygen atoms in total. The Labute approximate surface area is 510 Å². The van der Waals surface area contributed by atoms with Crippen LogP contribution < -0.4 is 37.9 Å². The molecule has 12 rings (SSSR count). The number of aliphatic hydroxyl groups is 1. The first-order chi connectivity index (χ1) is 42.3. The smallest absolute Gasteiger partial charge is 0.161 e. The summed E-state index contributed by atoms with van der Waals surface area (Å²) in [5.41, 5.74) is 10.1. The van der Waals surface area contributed by atoms with Crippen molar-refractivity contribution in [2.24, 2.45) is 11.8 Å². The van der Waals surface area contributed by atoms with Gasteiger partial charge in [0.1, 0.15) is 95.6 Å². The molecule has 8 aliphatic rings. The number of benzene rings is 4. The zero-order valence-corrected chi connectivity index (χ0v) is 51.8. The van der Waals surface area contributed by atoms with Gasteiger partial charge in [-0.05, 0) is 156 Å². The molecule has 0 amide bonds. The van der Waals surface area contributed by atoms with Crippen molar-refractivity contribution >= 4 is 0 Å². The first kappa shape index (κ1) is 61.2. The highest BCUT2D eigenvalue weighted by atomic mass is 16.6. The molecular weight excluding hydrogens is 1090 g/mol. The maximum atomic E-state index is 12.0. The summed E-state index contributed by atoms with van der Waals surface area (Å²) in [7, 11) is 0. The molecule has 6 aliphatic heterocycles. The van der Waals surface area contributed by atoms with Gasteiger partial charge >= 0.3 is 0 Å². The molecule has 0 radical (unpaired) electrons. The van der Waals surface area contributed by atoms with Gasteiger partial charge in [-0.3, -0.25) is 0 Å². The normalized spacial score (nSPS) is 24.1. The number of hydrogen-bond acceptors (Lipinski definition) is 15. The Morgan fingerprint density at radius 1 is 0.337 bits per heavy atom. The van der Waals surface area contributed by atoms with E-state index in [0.717, 1.165) is 113 Å². The SMILES string of the molecule is CCCc1cc(OCC(O)COc2cc(CCC)c(C(c3cc(OCC4CO4)c(OCC4CO4)cc3CCC)C3CCCCC3)cc2OCC2CO2)c(OCC2CO2)cc1C(c1cc(OCC2CO2)c(OCC2CO2)cc1CCC)C1CCCCC1. The summed E-state index contributed by atoms with van der Waals surface area (Å²) in [4.78, 5) is 0. The maximum absolute atomic E-state index is 12.0. The Morgan fingerprint density at radius 2 is 0.558 bits per heavy atom. The highest BCUT2D eigenvalue weighted by Gasteiger charge is 2.37.